The summed E-state index contributed by atoms with van der Waals surface area (Å²) in [7, 11) is 1.53. The Morgan fingerprint density at radius 2 is 2.05 bits per heavy atom. The Balaban J connectivity index is 1.79. The molecule has 5 nitrogen and oxygen atoms in total. The number of benzene rings is 2. The number of aromatic nitrogens is 2. The highest BCUT2D eigenvalue weighted by atomic mass is 16.5. The van der Waals surface area contributed by atoms with Crippen LogP contribution in [0.2, 0.25) is 0 Å². The summed E-state index contributed by atoms with van der Waals surface area (Å²) in [6.07, 6.45) is 0. The smallest absolute Gasteiger partial charge is 0.201 e. The van der Waals surface area contributed by atoms with Crippen molar-refractivity contribution in [2.75, 3.05) is 12.4 Å². The number of aromatic amines is 1. The average molecular weight is 269 g/mol. The van der Waals surface area contributed by atoms with Crippen LogP contribution in [-0.4, -0.2) is 22.2 Å². The van der Waals surface area contributed by atoms with Crippen LogP contribution in [0, 0.1) is 0 Å². The predicted octanol–water partition coefficient (Wildman–Crippen LogP) is 2.89. The van der Waals surface area contributed by atoms with Crippen LogP contribution in [0.25, 0.3) is 11.0 Å². The normalized spacial score (nSPS) is 10.7. The Hall–Kier alpha value is -2.69. The molecule has 5 heteroatoms. The van der Waals surface area contributed by atoms with Gasteiger partial charge in [0.2, 0.25) is 5.95 Å². The fourth-order valence-corrected chi connectivity index (χ4v) is 2.09. The van der Waals surface area contributed by atoms with E-state index in [9.17, 15) is 5.11 Å². The van der Waals surface area contributed by atoms with Gasteiger partial charge in [0, 0.05) is 12.1 Å². The van der Waals surface area contributed by atoms with Gasteiger partial charge in [-0.15, -0.1) is 0 Å². The summed E-state index contributed by atoms with van der Waals surface area (Å²) >= 11 is 0. The summed E-state index contributed by atoms with van der Waals surface area (Å²) in [6.45, 7) is 0.461. The van der Waals surface area contributed by atoms with Crippen molar-refractivity contribution in [1.82, 2.24) is 9.97 Å². The van der Waals surface area contributed by atoms with Crippen molar-refractivity contribution in [2.45, 2.75) is 6.54 Å². The molecule has 0 aliphatic heterocycles. The van der Waals surface area contributed by atoms with Gasteiger partial charge in [0.05, 0.1) is 18.1 Å². The zero-order valence-electron chi connectivity index (χ0n) is 11.1. The summed E-state index contributed by atoms with van der Waals surface area (Å²) < 4.78 is 5.08. The molecule has 3 N–H and O–H groups in total. The van der Waals surface area contributed by atoms with Crippen LogP contribution in [0.1, 0.15) is 5.56 Å². The number of imidazole rings is 1. The van der Waals surface area contributed by atoms with E-state index in [0.717, 1.165) is 16.6 Å². The summed E-state index contributed by atoms with van der Waals surface area (Å²) in [6, 6.07) is 13.2. The van der Waals surface area contributed by atoms with Gasteiger partial charge in [-0.2, -0.15) is 0 Å². The largest absolute Gasteiger partial charge is 0.504 e. The van der Waals surface area contributed by atoms with Crippen LogP contribution in [-0.2, 0) is 6.54 Å². The summed E-state index contributed by atoms with van der Waals surface area (Å²) in [4.78, 5) is 7.60. The molecule has 0 radical (unpaired) electrons. The standard InChI is InChI=1S/C15H15N3O2/c1-20-13-8-4-5-10(14(13)19)9-16-15-17-11-6-2-3-7-12(11)18-15/h2-8,19H,9H2,1H3,(H2,16,17,18). The number of para-hydroxylation sites is 3. The predicted molar refractivity (Wildman–Crippen MR) is 78.1 cm³/mol. The van der Waals surface area contributed by atoms with E-state index in [-0.39, 0.29) is 5.75 Å². The van der Waals surface area contributed by atoms with Gasteiger partial charge in [0.15, 0.2) is 11.5 Å². The minimum Gasteiger partial charge on any atom is -0.504 e. The Bertz CT molecular complexity index is 704. The number of phenolic OH excluding ortho intramolecular Hbond substituents is 1. The third-order valence-corrected chi connectivity index (χ3v) is 3.14. The Morgan fingerprint density at radius 3 is 2.85 bits per heavy atom. The maximum atomic E-state index is 10.0. The first-order chi connectivity index (χ1) is 9.78. The molecule has 0 aliphatic rings. The van der Waals surface area contributed by atoms with Crippen LogP contribution < -0.4 is 10.1 Å². The van der Waals surface area contributed by atoms with E-state index in [4.69, 9.17) is 4.74 Å². The van der Waals surface area contributed by atoms with Crippen molar-refractivity contribution in [3.05, 3.63) is 48.0 Å². The molecule has 0 spiro atoms. The average Bonchev–Trinajstić information content (AvgIpc) is 2.89. The molecular weight excluding hydrogens is 254 g/mol. The second-order valence-electron chi connectivity index (χ2n) is 4.42. The quantitative estimate of drug-likeness (QED) is 0.681. The molecule has 3 aromatic rings. The molecule has 0 bridgehead atoms. The number of hydrogen-bond donors (Lipinski definition) is 3. The molecular formula is C15H15N3O2. The number of nitrogens with zero attached hydrogens (tertiary/aromatic N) is 1. The minimum absolute atomic E-state index is 0.151. The molecule has 0 atom stereocenters. The van der Waals surface area contributed by atoms with Gasteiger partial charge >= 0.3 is 0 Å². The highest BCUT2D eigenvalue weighted by Crippen LogP contribution is 2.29. The molecule has 0 aliphatic carbocycles. The van der Waals surface area contributed by atoms with Gasteiger partial charge in [-0.25, -0.2) is 4.98 Å². The van der Waals surface area contributed by atoms with Crippen molar-refractivity contribution in [3.8, 4) is 11.5 Å². The molecule has 0 saturated heterocycles. The monoisotopic (exact) mass is 269 g/mol. The number of phenols is 1. The number of fused-ring (bicyclic) bond motifs is 1. The molecule has 20 heavy (non-hydrogen) atoms. The van der Waals surface area contributed by atoms with Crippen molar-refractivity contribution >= 4 is 17.0 Å². The van der Waals surface area contributed by atoms with E-state index in [1.165, 1.54) is 7.11 Å². The minimum atomic E-state index is 0.151. The lowest BCUT2D eigenvalue weighted by molar-refractivity contribution is 0.371. The number of hydrogen-bond acceptors (Lipinski definition) is 4. The number of anilines is 1. The van der Waals surface area contributed by atoms with Crippen LogP contribution in [0.15, 0.2) is 42.5 Å². The van der Waals surface area contributed by atoms with E-state index in [0.29, 0.717) is 18.2 Å². The lowest BCUT2D eigenvalue weighted by Crippen LogP contribution is -2.01. The first-order valence-corrected chi connectivity index (χ1v) is 6.31. The maximum absolute atomic E-state index is 10.0. The SMILES string of the molecule is COc1cccc(CNc2nc3ccccc3[nH]2)c1O. The first-order valence-electron chi connectivity index (χ1n) is 6.31. The van der Waals surface area contributed by atoms with Gasteiger partial charge in [-0.3, -0.25) is 0 Å². The molecule has 0 amide bonds. The van der Waals surface area contributed by atoms with Gasteiger partial charge in [-0.1, -0.05) is 24.3 Å². The third-order valence-electron chi connectivity index (χ3n) is 3.14. The molecule has 3 rings (SSSR count). The van der Waals surface area contributed by atoms with Crippen molar-refractivity contribution in [1.29, 1.82) is 0 Å². The number of nitrogens with one attached hydrogen (secondary N) is 2. The molecule has 2 aromatic carbocycles. The van der Waals surface area contributed by atoms with E-state index in [1.54, 1.807) is 6.07 Å². The molecule has 1 aromatic heterocycles. The molecule has 0 saturated carbocycles. The lowest BCUT2D eigenvalue weighted by Gasteiger charge is -2.09. The highest BCUT2D eigenvalue weighted by molar-refractivity contribution is 5.77. The summed E-state index contributed by atoms with van der Waals surface area (Å²) in [5, 5.41) is 13.2. The number of methoxy groups -OCH3 is 1. The zero-order chi connectivity index (χ0) is 13.9. The number of aromatic hydroxyl groups is 1. The second-order valence-corrected chi connectivity index (χ2v) is 4.42. The fraction of sp³-hybridized carbons (Fsp3) is 0.133. The Morgan fingerprint density at radius 1 is 1.20 bits per heavy atom. The van der Waals surface area contributed by atoms with Crippen LogP contribution in [0.3, 0.4) is 0 Å². The van der Waals surface area contributed by atoms with Crippen molar-refractivity contribution in [2.24, 2.45) is 0 Å². The maximum Gasteiger partial charge on any atom is 0.201 e. The van der Waals surface area contributed by atoms with Gasteiger partial charge in [0.25, 0.3) is 0 Å². The molecule has 102 valence electrons. The van der Waals surface area contributed by atoms with Gasteiger partial charge in [-0.05, 0) is 18.2 Å². The number of H-pyrrole nitrogens is 1. The van der Waals surface area contributed by atoms with E-state index in [2.05, 4.69) is 15.3 Å². The third kappa shape index (κ3) is 2.25. The zero-order valence-corrected chi connectivity index (χ0v) is 11.1. The van der Waals surface area contributed by atoms with Crippen molar-refractivity contribution in [3.63, 3.8) is 0 Å². The van der Waals surface area contributed by atoms with Gasteiger partial charge < -0.3 is 20.1 Å². The first kappa shape index (κ1) is 12.3. The number of rotatable bonds is 4. The van der Waals surface area contributed by atoms with E-state index >= 15 is 0 Å². The fourth-order valence-electron chi connectivity index (χ4n) is 2.09. The van der Waals surface area contributed by atoms with E-state index in [1.807, 2.05) is 36.4 Å². The van der Waals surface area contributed by atoms with Gasteiger partial charge in [0.1, 0.15) is 0 Å². The second kappa shape index (κ2) is 5.13. The summed E-state index contributed by atoms with van der Waals surface area (Å²) in [5.74, 6) is 1.29. The molecule has 0 unspecified atom stereocenters. The lowest BCUT2D eigenvalue weighted by atomic mass is 10.2. The Labute approximate surface area is 116 Å². The molecule has 0 fully saturated rings. The molecule has 1 heterocycles. The summed E-state index contributed by atoms with van der Waals surface area (Å²) in [5.41, 5.74) is 2.64. The highest BCUT2D eigenvalue weighted by Gasteiger charge is 2.08. The van der Waals surface area contributed by atoms with Crippen molar-refractivity contribution < 1.29 is 9.84 Å². The van der Waals surface area contributed by atoms with E-state index < -0.39 is 0 Å². The van der Waals surface area contributed by atoms with Crippen LogP contribution in [0.4, 0.5) is 5.95 Å². The number of ether oxygens (including phenoxy) is 1. The Kier molecular flexibility index (Phi) is 3.16. The van der Waals surface area contributed by atoms with Crippen LogP contribution in [0.5, 0.6) is 11.5 Å². The topological polar surface area (TPSA) is 70.2 Å². The van der Waals surface area contributed by atoms with Crippen LogP contribution >= 0.6 is 0 Å².